The summed E-state index contributed by atoms with van der Waals surface area (Å²) in [5, 5.41) is 0. The minimum atomic E-state index is -4.74. The molecule has 0 aliphatic carbocycles. The number of anilines is 1. The smallest absolute Gasteiger partial charge is 0.429 e. The molecule has 4 N–H and O–H groups in total. The molecule has 8 nitrogen and oxygen atoms in total. The van der Waals surface area contributed by atoms with Crippen LogP contribution in [-0.4, -0.2) is 41.4 Å². The zero-order chi connectivity index (χ0) is 30.4. The summed E-state index contributed by atoms with van der Waals surface area (Å²) in [6, 6.07) is 20.4. The van der Waals surface area contributed by atoms with Gasteiger partial charge in [0.15, 0.2) is 0 Å². The van der Waals surface area contributed by atoms with Crippen molar-refractivity contribution in [1.82, 2.24) is 9.97 Å². The Morgan fingerprint density at radius 1 is 0.905 bits per heavy atom. The first kappa shape index (κ1) is 30.3. The molecule has 220 valence electrons. The van der Waals surface area contributed by atoms with Crippen LogP contribution in [0.5, 0.6) is 11.6 Å². The van der Waals surface area contributed by atoms with Crippen molar-refractivity contribution in [2.75, 3.05) is 12.8 Å². The summed E-state index contributed by atoms with van der Waals surface area (Å²) in [5.41, 5.74) is 14.8. The average Bonchev–Trinajstić information content (AvgIpc) is 2.95. The van der Waals surface area contributed by atoms with E-state index in [1.54, 1.807) is 75.6 Å². The third-order valence-corrected chi connectivity index (χ3v) is 6.23. The van der Waals surface area contributed by atoms with E-state index in [0.717, 1.165) is 11.1 Å². The van der Waals surface area contributed by atoms with Gasteiger partial charge in [-0.15, -0.1) is 0 Å². The standard InChI is InChI=1S/C31H31F3N4O4/c1-18(2)41-29(39)25(35)15-19-7-9-21(10-8-19)26-17-27(38-30(36)37-26)42-28(31(32,33)34)22-13-11-20(12-14-22)23-5-4-6-24(16-23)40-3/h4-14,16-18,25,28H,15,35H2,1-3H3,(H2,36,37,38)/t25-,28+/m0/s1. The van der Waals surface area contributed by atoms with Crippen molar-refractivity contribution >= 4 is 11.9 Å². The minimum Gasteiger partial charge on any atom is -0.497 e. The second kappa shape index (κ2) is 12.9. The number of hydrogen-bond acceptors (Lipinski definition) is 8. The molecule has 11 heteroatoms. The molecule has 0 aliphatic heterocycles. The Bertz CT molecular complexity index is 1510. The molecule has 0 amide bonds. The fourth-order valence-corrected chi connectivity index (χ4v) is 4.22. The molecule has 2 atom stereocenters. The molecule has 0 aliphatic rings. The second-order valence-electron chi connectivity index (χ2n) is 9.84. The summed E-state index contributed by atoms with van der Waals surface area (Å²) >= 11 is 0. The van der Waals surface area contributed by atoms with Gasteiger partial charge >= 0.3 is 12.1 Å². The molecule has 0 bridgehead atoms. The lowest BCUT2D eigenvalue weighted by Gasteiger charge is -2.22. The lowest BCUT2D eigenvalue weighted by Crippen LogP contribution is -2.35. The van der Waals surface area contributed by atoms with Crippen LogP contribution < -0.4 is 20.9 Å². The topological polar surface area (TPSA) is 123 Å². The lowest BCUT2D eigenvalue weighted by molar-refractivity contribution is -0.198. The maximum Gasteiger partial charge on any atom is 0.429 e. The summed E-state index contributed by atoms with van der Waals surface area (Å²) in [4.78, 5) is 20.0. The maximum absolute atomic E-state index is 14.2. The van der Waals surface area contributed by atoms with Crippen molar-refractivity contribution in [2.24, 2.45) is 5.73 Å². The van der Waals surface area contributed by atoms with E-state index in [-0.39, 0.29) is 35.6 Å². The van der Waals surface area contributed by atoms with Gasteiger partial charge in [0.25, 0.3) is 0 Å². The highest BCUT2D eigenvalue weighted by Crippen LogP contribution is 2.38. The Hall–Kier alpha value is -4.64. The van der Waals surface area contributed by atoms with Gasteiger partial charge in [-0.05, 0) is 49.1 Å². The highest BCUT2D eigenvalue weighted by Gasteiger charge is 2.43. The number of ether oxygens (including phenoxy) is 3. The fourth-order valence-electron chi connectivity index (χ4n) is 4.22. The van der Waals surface area contributed by atoms with Crippen molar-refractivity contribution in [3.05, 3.63) is 90.0 Å². The summed E-state index contributed by atoms with van der Waals surface area (Å²) in [6.07, 6.45) is -7.07. The Labute approximate surface area is 241 Å². The van der Waals surface area contributed by atoms with Crippen molar-refractivity contribution in [1.29, 1.82) is 0 Å². The summed E-state index contributed by atoms with van der Waals surface area (Å²) in [5.74, 6) is -0.457. The zero-order valence-electron chi connectivity index (χ0n) is 23.3. The van der Waals surface area contributed by atoms with Gasteiger partial charge in [0.1, 0.15) is 11.8 Å². The second-order valence-corrected chi connectivity index (χ2v) is 9.84. The number of carbonyl (C=O) groups is 1. The fraction of sp³-hybridized carbons (Fsp3) is 0.258. The van der Waals surface area contributed by atoms with E-state index in [1.165, 1.54) is 18.2 Å². The number of rotatable bonds is 10. The number of nitrogen functional groups attached to an aromatic ring is 1. The van der Waals surface area contributed by atoms with Gasteiger partial charge in [0.2, 0.25) is 17.9 Å². The summed E-state index contributed by atoms with van der Waals surface area (Å²) < 4.78 is 58.2. The van der Waals surface area contributed by atoms with E-state index in [9.17, 15) is 18.0 Å². The zero-order valence-corrected chi connectivity index (χ0v) is 23.3. The molecule has 4 rings (SSSR count). The van der Waals surface area contributed by atoms with Gasteiger partial charge in [-0.25, -0.2) is 4.98 Å². The quantitative estimate of drug-likeness (QED) is 0.222. The van der Waals surface area contributed by atoms with Crippen LogP contribution in [0, 0.1) is 0 Å². The van der Waals surface area contributed by atoms with Gasteiger partial charge in [0.05, 0.1) is 18.9 Å². The largest absolute Gasteiger partial charge is 0.497 e. The molecule has 0 fully saturated rings. The SMILES string of the molecule is COc1cccc(-c2ccc([C@@H](Oc3cc(-c4ccc(C[C@H](N)C(=O)OC(C)C)cc4)nc(N)n3)C(F)(F)F)cc2)c1. The third kappa shape index (κ3) is 7.76. The van der Waals surface area contributed by atoms with E-state index in [2.05, 4.69) is 9.97 Å². The minimum absolute atomic E-state index is 0.107. The number of methoxy groups -OCH3 is 1. The van der Waals surface area contributed by atoms with Crippen molar-refractivity contribution in [3.8, 4) is 34.0 Å². The molecule has 0 radical (unpaired) electrons. The molecule has 0 saturated heterocycles. The van der Waals surface area contributed by atoms with Crippen LogP contribution in [0.25, 0.3) is 22.4 Å². The van der Waals surface area contributed by atoms with Crippen LogP contribution >= 0.6 is 0 Å². The molecule has 0 spiro atoms. The Morgan fingerprint density at radius 3 is 2.19 bits per heavy atom. The molecule has 1 heterocycles. The van der Waals surface area contributed by atoms with E-state index in [0.29, 0.717) is 16.9 Å². The molecule has 4 aromatic rings. The van der Waals surface area contributed by atoms with Gasteiger partial charge in [-0.2, -0.15) is 18.2 Å². The first-order chi connectivity index (χ1) is 19.9. The number of aromatic nitrogens is 2. The average molecular weight is 581 g/mol. The summed E-state index contributed by atoms with van der Waals surface area (Å²) in [6.45, 7) is 3.47. The molecule has 42 heavy (non-hydrogen) atoms. The van der Waals surface area contributed by atoms with Crippen LogP contribution in [0.15, 0.2) is 78.9 Å². The molecule has 0 saturated carbocycles. The van der Waals surface area contributed by atoms with Gasteiger partial charge in [0, 0.05) is 17.2 Å². The van der Waals surface area contributed by atoms with E-state index in [1.807, 2.05) is 6.07 Å². The Kier molecular flexibility index (Phi) is 9.31. The van der Waals surface area contributed by atoms with Gasteiger partial charge < -0.3 is 25.7 Å². The number of esters is 1. The van der Waals surface area contributed by atoms with Crippen molar-refractivity contribution in [2.45, 2.75) is 44.7 Å². The number of alkyl halides is 3. The monoisotopic (exact) mass is 580 g/mol. The highest BCUT2D eigenvalue weighted by molar-refractivity contribution is 5.76. The highest BCUT2D eigenvalue weighted by atomic mass is 19.4. The number of carbonyl (C=O) groups excluding carboxylic acids is 1. The maximum atomic E-state index is 14.2. The molecule has 3 aromatic carbocycles. The van der Waals surface area contributed by atoms with Gasteiger partial charge in [-0.3, -0.25) is 4.79 Å². The number of hydrogen-bond donors (Lipinski definition) is 2. The molecule has 0 unspecified atom stereocenters. The van der Waals surface area contributed by atoms with Crippen LogP contribution in [0.2, 0.25) is 0 Å². The molecular formula is C31H31F3N4O4. The van der Waals surface area contributed by atoms with Crippen LogP contribution in [0.1, 0.15) is 31.1 Å². The molecular weight excluding hydrogens is 549 g/mol. The number of halogens is 3. The normalized spacial score (nSPS) is 13.0. The van der Waals surface area contributed by atoms with E-state index < -0.39 is 24.3 Å². The predicted molar refractivity (Wildman–Crippen MR) is 153 cm³/mol. The van der Waals surface area contributed by atoms with Gasteiger partial charge in [-0.1, -0.05) is 60.7 Å². The first-order valence-corrected chi connectivity index (χ1v) is 13.1. The van der Waals surface area contributed by atoms with E-state index in [4.69, 9.17) is 25.7 Å². The number of nitrogens with two attached hydrogens (primary N) is 2. The van der Waals surface area contributed by atoms with E-state index >= 15 is 0 Å². The van der Waals surface area contributed by atoms with Crippen molar-refractivity contribution in [3.63, 3.8) is 0 Å². The van der Waals surface area contributed by atoms with Crippen LogP contribution in [0.3, 0.4) is 0 Å². The number of nitrogens with zero attached hydrogens (tertiary/aromatic N) is 2. The molecule has 1 aromatic heterocycles. The Morgan fingerprint density at radius 2 is 1.57 bits per heavy atom. The first-order valence-electron chi connectivity index (χ1n) is 13.1. The predicted octanol–water partition coefficient (Wildman–Crippen LogP) is 5.91. The Balaban J connectivity index is 1.54. The summed E-state index contributed by atoms with van der Waals surface area (Å²) in [7, 11) is 1.54. The van der Waals surface area contributed by atoms with Crippen LogP contribution in [-0.2, 0) is 16.0 Å². The van der Waals surface area contributed by atoms with Crippen molar-refractivity contribution < 1.29 is 32.2 Å². The third-order valence-electron chi connectivity index (χ3n) is 6.23. The van der Waals surface area contributed by atoms with Crippen LogP contribution in [0.4, 0.5) is 19.1 Å². The lowest BCUT2D eigenvalue weighted by atomic mass is 10.0. The number of benzene rings is 3.